The van der Waals surface area contributed by atoms with Crippen molar-refractivity contribution >= 4 is 23.1 Å². The molecule has 0 aliphatic carbocycles. The summed E-state index contributed by atoms with van der Waals surface area (Å²) in [7, 11) is 0. The lowest BCUT2D eigenvalue weighted by Gasteiger charge is -2.10. The Morgan fingerprint density at radius 3 is 2.47 bits per heavy atom. The molecular weight excluding hydrogens is 258 g/mol. The van der Waals surface area contributed by atoms with E-state index in [1.54, 1.807) is 0 Å². The van der Waals surface area contributed by atoms with Crippen LogP contribution in [0.2, 0.25) is 5.02 Å². The van der Waals surface area contributed by atoms with E-state index >= 15 is 0 Å². The third kappa shape index (κ3) is 3.36. The molecule has 2 nitrogen and oxygen atoms in total. The number of Topliss-reactive ketones (excluding diaryl/α,β-unsaturated/α-hetero) is 1. The molecule has 0 heterocycles. The summed E-state index contributed by atoms with van der Waals surface area (Å²) in [6.07, 6.45) is 0. The van der Waals surface area contributed by atoms with Gasteiger partial charge in [-0.25, -0.2) is 0 Å². The monoisotopic (exact) mass is 273 g/mol. The highest BCUT2D eigenvalue weighted by atomic mass is 35.5. The molecule has 0 atom stereocenters. The molecule has 0 amide bonds. The van der Waals surface area contributed by atoms with Crippen LogP contribution in [0, 0.1) is 13.8 Å². The summed E-state index contributed by atoms with van der Waals surface area (Å²) in [5, 5.41) is 3.83. The molecule has 0 saturated heterocycles. The van der Waals surface area contributed by atoms with Crippen LogP contribution in [0.3, 0.4) is 0 Å². The number of carbonyl (C=O) groups is 1. The standard InChI is InChI=1S/C16H16ClNO/c1-11-6-8-13(9-7-11)16(19)10-18-15-5-3-4-14(17)12(15)2/h3-9,18H,10H2,1-2H3. The zero-order chi connectivity index (χ0) is 13.8. The van der Waals surface area contributed by atoms with Gasteiger partial charge in [-0.15, -0.1) is 0 Å². The molecule has 98 valence electrons. The van der Waals surface area contributed by atoms with Gasteiger partial charge in [0.1, 0.15) is 0 Å². The van der Waals surface area contributed by atoms with Crippen molar-refractivity contribution in [1.82, 2.24) is 0 Å². The van der Waals surface area contributed by atoms with Crippen LogP contribution in [0.4, 0.5) is 5.69 Å². The van der Waals surface area contributed by atoms with Gasteiger partial charge in [0.15, 0.2) is 5.78 Å². The SMILES string of the molecule is Cc1ccc(C(=O)CNc2cccc(Cl)c2C)cc1. The minimum Gasteiger partial charge on any atom is -0.377 e. The number of halogens is 1. The van der Waals surface area contributed by atoms with Crippen LogP contribution in [0.25, 0.3) is 0 Å². The number of nitrogens with one attached hydrogen (secondary N) is 1. The predicted molar refractivity (Wildman–Crippen MR) is 80.2 cm³/mol. The normalized spacial score (nSPS) is 10.3. The Kier molecular flexibility index (Phi) is 4.23. The zero-order valence-corrected chi connectivity index (χ0v) is 11.8. The number of hydrogen-bond acceptors (Lipinski definition) is 2. The van der Waals surface area contributed by atoms with Crippen molar-refractivity contribution in [2.45, 2.75) is 13.8 Å². The van der Waals surface area contributed by atoms with Crippen LogP contribution in [0.5, 0.6) is 0 Å². The average Bonchev–Trinajstić information content (AvgIpc) is 2.41. The molecule has 0 radical (unpaired) electrons. The van der Waals surface area contributed by atoms with Crippen LogP contribution in [-0.4, -0.2) is 12.3 Å². The summed E-state index contributed by atoms with van der Waals surface area (Å²) < 4.78 is 0. The topological polar surface area (TPSA) is 29.1 Å². The third-order valence-electron chi connectivity index (χ3n) is 3.08. The Balaban J connectivity index is 2.04. The first kappa shape index (κ1) is 13.6. The van der Waals surface area contributed by atoms with Crippen molar-refractivity contribution in [3.8, 4) is 0 Å². The van der Waals surface area contributed by atoms with Crippen molar-refractivity contribution in [3.63, 3.8) is 0 Å². The van der Waals surface area contributed by atoms with E-state index in [4.69, 9.17) is 11.6 Å². The molecule has 2 aromatic rings. The molecule has 0 spiro atoms. The lowest BCUT2D eigenvalue weighted by atomic mass is 10.1. The van der Waals surface area contributed by atoms with Crippen LogP contribution < -0.4 is 5.32 Å². The first-order chi connectivity index (χ1) is 9.08. The summed E-state index contributed by atoms with van der Waals surface area (Å²) in [4.78, 5) is 12.0. The maximum Gasteiger partial charge on any atom is 0.181 e. The number of carbonyl (C=O) groups excluding carboxylic acids is 1. The van der Waals surface area contributed by atoms with E-state index in [0.717, 1.165) is 22.4 Å². The summed E-state index contributed by atoms with van der Waals surface area (Å²) in [5.41, 5.74) is 3.72. The summed E-state index contributed by atoms with van der Waals surface area (Å²) in [6, 6.07) is 13.2. The van der Waals surface area contributed by atoms with Gasteiger partial charge in [-0.05, 0) is 31.5 Å². The number of ketones is 1. The van der Waals surface area contributed by atoms with E-state index in [2.05, 4.69) is 5.32 Å². The molecule has 0 aliphatic heterocycles. The smallest absolute Gasteiger partial charge is 0.181 e. The molecule has 0 unspecified atom stereocenters. The molecule has 0 fully saturated rings. The molecule has 0 bridgehead atoms. The van der Waals surface area contributed by atoms with E-state index in [0.29, 0.717) is 5.02 Å². The molecule has 0 aromatic heterocycles. The van der Waals surface area contributed by atoms with E-state index in [1.165, 1.54) is 0 Å². The fraction of sp³-hybridized carbons (Fsp3) is 0.188. The highest BCUT2D eigenvalue weighted by Gasteiger charge is 2.07. The number of anilines is 1. The Bertz CT molecular complexity index is 590. The van der Waals surface area contributed by atoms with Crippen molar-refractivity contribution in [1.29, 1.82) is 0 Å². The summed E-state index contributed by atoms with van der Waals surface area (Å²) >= 11 is 6.04. The number of aryl methyl sites for hydroxylation is 1. The Labute approximate surface area is 118 Å². The van der Waals surface area contributed by atoms with Gasteiger partial charge in [-0.3, -0.25) is 4.79 Å². The molecular formula is C16H16ClNO. The fourth-order valence-corrected chi connectivity index (χ4v) is 1.99. The quantitative estimate of drug-likeness (QED) is 0.844. The number of benzene rings is 2. The maximum absolute atomic E-state index is 12.0. The molecule has 2 aromatic carbocycles. The van der Waals surface area contributed by atoms with Crippen molar-refractivity contribution in [2.24, 2.45) is 0 Å². The van der Waals surface area contributed by atoms with Gasteiger partial charge >= 0.3 is 0 Å². The number of hydrogen-bond donors (Lipinski definition) is 1. The largest absolute Gasteiger partial charge is 0.377 e. The maximum atomic E-state index is 12.0. The predicted octanol–water partition coefficient (Wildman–Crippen LogP) is 4.25. The first-order valence-electron chi connectivity index (χ1n) is 6.17. The minimum atomic E-state index is 0.0689. The van der Waals surface area contributed by atoms with Crippen LogP contribution in [0.15, 0.2) is 42.5 Å². The molecule has 0 saturated carbocycles. The van der Waals surface area contributed by atoms with E-state index in [-0.39, 0.29) is 12.3 Å². The molecule has 0 aliphatic rings. The van der Waals surface area contributed by atoms with E-state index in [1.807, 2.05) is 56.3 Å². The second-order valence-electron chi connectivity index (χ2n) is 4.56. The van der Waals surface area contributed by atoms with E-state index in [9.17, 15) is 4.79 Å². The Morgan fingerprint density at radius 2 is 1.79 bits per heavy atom. The van der Waals surface area contributed by atoms with Gasteiger partial charge in [-0.2, -0.15) is 0 Å². The summed E-state index contributed by atoms with van der Waals surface area (Å²) in [5.74, 6) is 0.0689. The fourth-order valence-electron chi connectivity index (χ4n) is 1.82. The van der Waals surface area contributed by atoms with Gasteiger partial charge in [0.25, 0.3) is 0 Å². The molecule has 2 rings (SSSR count). The van der Waals surface area contributed by atoms with Crippen molar-refractivity contribution < 1.29 is 4.79 Å². The van der Waals surface area contributed by atoms with Gasteiger partial charge in [-0.1, -0.05) is 47.5 Å². The third-order valence-corrected chi connectivity index (χ3v) is 3.49. The second kappa shape index (κ2) is 5.89. The number of rotatable bonds is 4. The molecule has 3 heteroatoms. The van der Waals surface area contributed by atoms with Gasteiger partial charge in [0, 0.05) is 16.3 Å². The van der Waals surface area contributed by atoms with E-state index < -0.39 is 0 Å². The van der Waals surface area contributed by atoms with Gasteiger partial charge in [0.2, 0.25) is 0 Å². The highest BCUT2D eigenvalue weighted by molar-refractivity contribution is 6.31. The highest BCUT2D eigenvalue weighted by Crippen LogP contribution is 2.22. The lowest BCUT2D eigenvalue weighted by molar-refractivity contribution is 0.101. The van der Waals surface area contributed by atoms with Gasteiger partial charge < -0.3 is 5.32 Å². The first-order valence-corrected chi connectivity index (χ1v) is 6.54. The Hall–Kier alpha value is -1.80. The lowest BCUT2D eigenvalue weighted by Crippen LogP contribution is -2.14. The van der Waals surface area contributed by atoms with Crippen molar-refractivity contribution in [2.75, 3.05) is 11.9 Å². The van der Waals surface area contributed by atoms with Gasteiger partial charge in [0.05, 0.1) is 6.54 Å². The Morgan fingerprint density at radius 1 is 1.11 bits per heavy atom. The average molecular weight is 274 g/mol. The molecule has 19 heavy (non-hydrogen) atoms. The zero-order valence-electron chi connectivity index (χ0n) is 11.0. The van der Waals surface area contributed by atoms with Crippen LogP contribution in [-0.2, 0) is 0 Å². The second-order valence-corrected chi connectivity index (χ2v) is 4.96. The van der Waals surface area contributed by atoms with Crippen LogP contribution in [0.1, 0.15) is 21.5 Å². The van der Waals surface area contributed by atoms with Crippen molar-refractivity contribution in [3.05, 3.63) is 64.2 Å². The molecule has 1 N–H and O–H groups in total. The minimum absolute atomic E-state index is 0.0689. The summed E-state index contributed by atoms with van der Waals surface area (Å²) in [6.45, 7) is 4.20. The van der Waals surface area contributed by atoms with Crippen LogP contribution >= 0.6 is 11.6 Å².